The van der Waals surface area contributed by atoms with Gasteiger partial charge in [-0.2, -0.15) is 13.2 Å². The maximum absolute atomic E-state index is 13.5. The van der Waals surface area contributed by atoms with Crippen molar-refractivity contribution in [1.29, 1.82) is 0 Å². The van der Waals surface area contributed by atoms with E-state index in [0.29, 0.717) is 0 Å². The molecule has 0 aromatic heterocycles. The molecule has 20 heavy (non-hydrogen) atoms. The van der Waals surface area contributed by atoms with E-state index in [1.54, 1.807) is 0 Å². The molecule has 1 rings (SSSR count). The molecule has 1 aromatic carbocycles. The lowest BCUT2D eigenvalue weighted by Crippen LogP contribution is -2.26. The molecule has 0 fully saturated rings. The fourth-order valence-electron chi connectivity index (χ4n) is 1.43. The summed E-state index contributed by atoms with van der Waals surface area (Å²) < 4.78 is 74.4. The fourth-order valence-corrected chi connectivity index (χ4v) is 2.57. The first kappa shape index (κ1) is 16.9. The first-order chi connectivity index (χ1) is 9.15. The smallest absolute Gasteiger partial charge is 0.389 e. The van der Waals surface area contributed by atoms with E-state index in [1.807, 2.05) is 4.72 Å². The molecule has 0 bridgehead atoms. The molecule has 0 aliphatic carbocycles. The molecule has 0 saturated carbocycles. The van der Waals surface area contributed by atoms with Crippen LogP contribution >= 0.6 is 0 Å². The molecule has 0 spiro atoms. The quantitative estimate of drug-likeness (QED) is 0.623. The van der Waals surface area contributed by atoms with Gasteiger partial charge < -0.3 is 5.11 Å². The predicted octanol–water partition coefficient (Wildman–Crippen LogP) is 1.94. The van der Waals surface area contributed by atoms with Gasteiger partial charge in [0.1, 0.15) is 10.7 Å². The predicted molar refractivity (Wildman–Crippen MR) is 62.8 cm³/mol. The van der Waals surface area contributed by atoms with Crippen LogP contribution in [0, 0.1) is 5.82 Å². The minimum atomic E-state index is -4.36. The molecule has 0 aliphatic heterocycles. The third kappa shape index (κ3) is 5.06. The molecular weight excluding hydrogens is 302 g/mol. The maximum Gasteiger partial charge on any atom is 0.389 e. The van der Waals surface area contributed by atoms with E-state index in [4.69, 9.17) is 5.11 Å². The largest absolute Gasteiger partial charge is 0.392 e. The number of benzene rings is 1. The number of hydrogen-bond acceptors (Lipinski definition) is 3. The Bertz CT molecular complexity index is 557. The number of halogens is 4. The van der Waals surface area contributed by atoms with Crippen LogP contribution in [0.3, 0.4) is 0 Å². The zero-order chi connectivity index (χ0) is 15.4. The number of sulfonamides is 1. The van der Waals surface area contributed by atoms with Gasteiger partial charge >= 0.3 is 6.18 Å². The van der Waals surface area contributed by atoms with E-state index >= 15 is 0 Å². The molecule has 4 nitrogen and oxygen atoms in total. The fraction of sp³-hybridized carbons (Fsp3) is 0.455. The Morgan fingerprint density at radius 3 is 2.40 bits per heavy atom. The zero-order valence-corrected chi connectivity index (χ0v) is 11.1. The van der Waals surface area contributed by atoms with Gasteiger partial charge in [0, 0.05) is 13.0 Å². The first-order valence-corrected chi connectivity index (χ1v) is 7.10. The maximum atomic E-state index is 13.5. The van der Waals surface area contributed by atoms with Crippen molar-refractivity contribution >= 4 is 10.0 Å². The van der Waals surface area contributed by atoms with E-state index in [1.165, 1.54) is 6.07 Å². The second kappa shape index (κ2) is 6.51. The van der Waals surface area contributed by atoms with Crippen molar-refractivity contribution in [2.24, 2.45) is 0 Å². The van der Waals surface area contributed by atoms with Crippen LogP contribution in [0.1, 0.15) is 18.4 Å². The highest BCUT2D eigenvalue weighted by Gasteiger charge is 2.26. The summed E-state index contributed by atoms with van der Waals surface area (Å²) in [5.41, 5.74) is 0.193. The minimum absolute atomic E-state index is 0.193. The molecular formula is C11H13F4NO3S. The van der Waals surface area contributed by atoms with E-state index in [0.717, 1.165) is 12.1 Å². The molecule has 1 aromatic rings. The van der Waals surface area contributed by atoms with Gasteiger partial charge in [0.25, 0.3) is 0 Å². The molecule has 0 radical (unpaired) electrons. The summed E-state index contributed by atoms with van der Waals surface area (Å²) in [6.45, 7) is -0.890. The summed E-state index contributed by atoms with van der Waals surface area (Å²) >= 11 is 0. The summed E-state index contributed by atoms with van der Waals surface area (Å²) in [4.78, 5) is -0.665. The van der Waals surface area contributed by atoms with E-state index in [9.17, 15) is 26.0 Å². The van der Waals surface area contributed by atoms with Gasteiger partial charge in [0.15, 0.2) is 0 Å². The summed E-state index contributed by atoms with van der Waals surface area (Å²) in [5, 5.41) is 8.77. The number of aliphatic hydroxyl groups excluding tert-OH is 1. The molecule has 9 heteroatoms. The Morgan fingerprint density at radius 2 is 1.90 bits per heavy atom. The standard InChI is InChI=1S/C11H13F4NO3S/c12-9-6-8(7-17)2-3-10(9)20(18,19)16-5-1-4-11(13,14)15/h2-3,6,16-17H,1,4-5,7H2. The minimum Gasteiger partial charge on any atom is -0.392 e. The third-order valence-electron chi connectivity index (χ3n) is 2.40. The summed E-state index contributed by atoms with van der Waals surface area (Å²) in [6, 6.07) is 3.02. The van der Waals surface area contributed by atoms with Crippen LogP contribution in [0.5, 0.6) is 0 Å². The molecule has 0 amide bonds. The number of nitrogens with one attached hydrogen (secondary N) is 1. The van der Waals surface area contributed by atoms with Crippen LogP contribution < -0.4 is 4.72 Å². The molecule has 0 heterocycles. The van der Waals surface area contributed by atoms with Gasteiger partial charge in [-0.1, -0.05) is 6.07 Å². The van der Waals surface area contributed by atoms with Crippen molar-refractivity contribution in [2.45, 2.75) is 30.5 Å². The van der Waals surface area contributed by atoms with E-state index in [2.05, 4.69) is 0 Å². The van der Waals surface area contributed by atoms with Crippen LogP contribution in [0.15, 0.2) is 23.1 Å². The summed E-state index contributed by atoms with van der Waals surface area (Å²) in [6.07, 6.45) is -5.92. The van der Waals surface area contributed by atoms with Crippen LogP contribution in [-0.4, -0.2) is 26.2 Å². The molecule has 0 aliphatic rings. The van der Waals surface area contributed by atoms with E-state index < -0.39 is 52.9 Å². The topological polar surface area (TPSA) is 66.4 Å². The van der Waals surface area contributed by atoms with Crippen molar-refractivity contribution in [2.75, 3.05) is 6.54 Å². The molecule has 0 saturated heterocycles. The second-order valence-corrected chi connectivity index (χ2v) is 5.77. The lowest BCUT2D eigenvalue weighted by atomic mass is 10.2. The van der Waals surface area contributed by atoms with Crippen LogP contribution in [0.25, 0.3) is 0 Å². The highest BCUT2D eigenvalue weighted by molar-refractivity contribution is 7.89. The highest BCUT2D eigenvalue weighted by atomic mass is 32.2. The Hall–Kier alpha value is -1.19. The van der Waals surface area contributed by atoms with Gasteiger partial charge in [-0.25, -0.2) is 17.5 Å². The Labute approximate surface area is 113 Å². The lowest BCUT2D eigenvalue weighted by molar-refractivity contribution is -0.135. The Morgan fingerprint density at radius 1 is 1.25 bits per heavy atom. The normalized spacial score (nSPS) is 12.7. The average Bonchev–Trinajstić information content (AvgIpc) is 2.33. The molecule has 0 unspecified atom stereocenters. The van der Waals surface area contributed by atoms with Crippen molar-refractivity contribution in [1.82, 2.24) is 4.72 Å². The number of aliphatic hydroxyl groups is 1. The van der Waals surface area contributed by atoms with Gasteiger partial charge in [0.05, 0.1) is 6.61 Å². The average molecular weight is 315 g/mol. The first-order valence-electron chi connectivity index (χ1n) is 5.61. The van der Waals surface area contributed by atoms with Crippen molar-refractivity contribution < 1.29 is 31.1 Å². The number of alkyl halides is 3. The van der Waals surface area contributed by atoms with Gasteiger partial charge in [-0.15, -0.1) is 0 Å². The van der Waals surface area contributed by atoms with Crippen molar-refractivity contribution in [3.63, 3.8) is 0 Å². The SMILES string of the molecule is O=S(=O)(NCCCC(F)(F)F)c1ccc(CO)cc1F. The molecule has 0 atom stereocenters. The monoisotopic (exact) mass is 315 g/mol. The highest BCUT2D eigenvalue weighted by Crippen LogP contribution is 2.21. The summed E-state index contributed by atoms with van der Waals surface area (Å²) in [7, 11) is -4.21. The van der Waals surface area contributed by atoms with Crippen molar-refractivity contribution in [3.8, 4) is 0 Å². The van der Waals surface area contributed by atoms with Gasteiger partial charge in [-0.05, 0) is 24.1 Å². The summed E-state index contributed by atoms with van der Waals surface area (Å²) in [5.74, 6) is -1.07. The van der Waals surface area contributed by atoms with E-state index in [-0.39, 0.29) is 5.56 Å². The lowest BCUT2D eigenvalue weighted by Gasteiger charge is -2.09. The Kier molecular flexibility index (Phi) is 5.49. The number of hydrogen-bond donors (Lipinski definition) is 2. The van der Waals surface area contributed by atoms with Gasteiger partial charge in [-0.3, -0.25) is 0 Å². The van der Waals surface area contributed by atoms with Crippen LogP contribution in [0.2, 0.25) is 0 Å². The second-order valence-electron chi connectivity index (χ2n) is 4.04. The van der Waals surface area contributed by atoms with Gasteiger partial charge in [0.2, 0.25) is 10.0 Å². The zero-order valence-electron chi connectivity index (χ0n) is 10.2. The number of rotatable bonds is 6. The molecule has 2 N–H and O–H groups in total. The third-order valence-corrected chi connectivity index (χ3v) is 3.89. The molecule has 114 valence electrons. The van der Waals surface area contributed by atoms with Crippen molar-refractivity contribution in [3.05, 3.63) is 29.6 Å². The van der Waals surface area contributed by atoms with Crippen LogP contribution in [0.4, 0.5) is 17.6 Å². The van der Waals surface area contributed by atoms with Crippen LogP contribution in [-0.2, 0) is 16.6 Å². The Balaban J connectivity index is 2.70.